The first-order valence-electron chi connectivity index (χ1n) is 4.88. The standard InChI is InChI=1S/C10H9FN2O5S/c11-7-2-1-3-9(6(7)4-12)19(17,18)13-8(5-14)10(15)16/h1-3,8,13-14H,5H2,(H,15,16)/t8-/m1/s1. The molecule has 0 aliphatic carbocycles. The Morgan fingerprint density at radius 1 is 1.53 bits per heavy atom. The number of benzene rings is 1. The maximum absolute atomic E-state index is 13.3. The van der Waals surface area contributed by atoms with Gasteiger partial charge in [-0.05, 0) is 12.1 Å². The summed E-state index contributed by atoms with van der Waals surface area (Å²) in [6.45, 7) is -0.980. The quantitative estimate of drug-likeness (QED) is 0.665. The summed E-state index contributed by atoms with van der Waals surface area (Å²) in [6, 6.07) is 2.54. The maximum Gasteiger partial charge on any atom is 0.324 e. The molecule has 0 saturated heterocycles. The van der Waals surface area contributed by atoms with Crippen LogP contribution in [0.3, 0.4) is 0 Å². The molecule has 0 aromatic heterocycles. The SMILES string of the molecule is N#Cc1c(F)cccc1S(=O)(=O)N[C@H](CO)C(=O)O. The number of aliphatic hydroxyl groups excluding tert-OH is 1. The second kappa shape index (κ2) is 5.75. The number of aliphatic carboxylic acids is 1. The summed E-state index contributed by atoms with van der Waals surface area (Å²) in [6.07, 6.45) is 0. The van der Waals surface area contributed by atoms with Gasteiger partial charge in [0, 0.05) is 0 Å². The van der Waals surface area contributed by atoms with E-state index >= 15 is 0 Å². The van der Waals surface area contributed by atoms with E-state index < -0.39 is 44.9 Å². The summed E-state index contributed by atoms with van der Waals surface area (Å²) in [5.74, 6) is -2.64. The lowest BCUT2D eigenvalue weighted by atomic mass is 10.2. The van der Waals surface area contributed by atoms with Crippen molar-refractivity contribution in [1.29, 1.82) is 5.26 Å². The zero-order valence-corrected chi connectivity index (χ0v) is 10.2. The number of carbonyl (C=O) groups is 1. The molecule has 1 aromatic rings. The number of hydrogen-bond donors (Lipinski definition) is 3. The second-order valence-electron chi connectivity index (χ2n) is 3.42. The Hall–Kier alpha value is -2.02. The summed E-state index contributed by atoms with van der Waals surface area (Å²) in [7, 11) is -4.44. The Bertz CT molecular complexity index is 638. The summed E-state index contributed by atoms with van der Waals surface area (Å²) in [5, 5.41) is 26.1. The molecule has 1 atom stereocenters. The van der Waals surface area contributed by atoms with E-state index in [4.69, 9.17) is 15.5 Å². The molecule has 9 heteroatoms. The summed E-state index contributed by atoms with van der Waals surface area (Å²) in [5.41, 5.74) is -0.725. The van der Waals surface area contributed by atoms with Gasteiger partial charge in [-0.15, -0.1) is 0 Å². The van der Waals surface area contributed by atoms with Crippen LogP contribution >= 0.6 is 0 Å². The lowest BCUT2D eigenvalue weighted by molar-refractivity contribution is -0.139. The fourth-order valence-electron chi connectivity index (χ4n) is 1.25. The first-order chi connectivity index (χ1) is 8.83. The zero-order chi connectivity index (χ0) is 14.6. The van der Waals surface area contributed by atoms with Gasteiger partial charge in [0.25, 0.3) is 0 Å². The molecule has 1 aromatic carbocycles. The highest BCUT2D eigenvalue weighted by Gasteiger charge is 2.27. The van der Waals surface area contributed by atoms with Crippen LogP contribution in [0, 0.1) is 17.1 Å². The van der Waals surface area contributed by atoms with Crippen LogP contribution in [0.25, 0.3) is 0 Å². The summed E-state index contributed by atoms with van der Waals surface area (Å²) >= 11 is 0. The third-order valence-electron chi connectivity index (χ3n) is 2.15. The minimum absolute atomic E-state index is 0.685. The van der Waals surface area contributed by atoms with Gasteiger partial charge >= 0.3 is 5.97 Å². The van der Waals surface area contributed by atoms with Crippen LogP contribution in [-0.2, 0) is 14.8 Å². The number of aliphatic hydroxyl groups is 1. The number of carboxylic acids is 1. The van der Waals surface area contributed by atoms with Crippen LogP contribution in [0.1, 0.15) is 5.56 Å². The molecule has 7 nitrogen and oxygen atoms in total. The van der Waals surface area contributed by atoms with E-state index in [0.717, 1.165) is 18.2 Å². The van der Waals surface area contributed by atoms with Gasteiger partial charge in [-0.2, -0.15) is 9.98 Å². The molecule has 3 N–H and O–H groups in total. The Morgan fingerprint density at radius 2 is 2.16 bits per heavy atom. The molecular weight excluding hydrogens is 279 g/mol. The van der Waals surface area contributed by atoms with Crippen molar-refractivity contribution in [2.24, 2.45) is 0 Å². The lowest BCUT2D eigenvalue weighted by Crippen LogP contribution is -2.43. The number of carboxylic acid groups (broad SMARTS) is 1. The van der Waals surface area contributed by atoms with E-state index in [9.17, 15) is 17.6 Å². The fourth-order valence-corrected chi connectivity index (χ4v) is 2.60. The van der Waals surface area contributed by atoms with Gasteiger partial charge in [-0.1, -0.05) is 6.07 Å². The highest BCUT2D eigenvalue weighted by molar-refractivity contribution is 7.89. The van der Waals surface area contributed by atoms with Crippen LogP contribution in [0.2, 0.25) is 0 Å². The minimum atomic E-state index is -4.44. The molecule has 19 heavy (non-hydrogen) atoms. The molecule has 0 fully saturated rings. The van der Waals surface area contributed by atoms with Crippen molar-refractivity contribution in [3.63, 3.8) is 0 Å². The van der Waals surface area contributed by atoms with Gasteiger partial charge in [0.2, 0.25) is 10.0 Å². The number of halogens is 1. The van der Waals surface area contributed by atoms with Crippen LogP contribution < -0.4 is 4.72 Å². The molecule has 102 valence electrons. The molecule has 0 aliphatic rings. The number of sulfonamides is 1. The van der Waals surface area contributed by atoms with Crippen molar-refractivity contribution in [3.05, 3.63) is 29.6 Å². The van der Waals surface area contributed by atoms with E-state index in [1.54, 1.807) is 4.72 Å². The number of hydrogen-bond acceptors (Lipinski definition) is 5. The van der Waals surface area contributed by atoms with E-state index in [1.165, 1.54) is 6.07 Å². The minimum Gasteiger partial charge on any atom is -0.480 e. The van der Waals surface area contributed by atoms with Gasteiger partial charge in [-0.25, -0.2) is 12.8 Å². The van der Waals surface area contributed by atoms with Crippen molar-refractivity contribution in [2.75, 3.05) is 6.61 Å². The topological polar surface area (TPSA) is 127 Å². The predicted octanol–water partition coefficient (Wildman–Crippen LogP) is -0.579. The third kappa shape index (κ3) is 3.25. The first kappa shape index (κ1) is 15.0. The Balaban J connectivity index is 3.26. The largest absolute Gasteiger partial charge is 0.480 e. The van der Waals surface area contributed by atoms with E-state index in [2.05, 4.69) is 0 Å². The molecule has 1 rings (SSSR count). The Kier molecular flexibility index (Phi) is 4.55. The zero-order valence-electron chi connectivity index (χ0n) is 9.37. The molecule has 0 spiro atoms. The van der Waals surface area contributed by atoms with Crippen LogP contribution in [-0.4, -0.2) is 37.2 Å². The molecule has 0 unspecified atom stereocenters. The summed E-state index contributed by atoms with van der Waals surface area (Å²) < 4.78 is 38.6. The average Bonchev–Trinajstić information content (AvgIpc) is 2.35. The smallest absolute Gasteiger partial charge is 0.324 e. The van der Waals surface area contributed by atoms with Crippen LogP contribution in [0.5, 0.6) is 0 Å². The fraction of sp³-hybridized carbons (Fsp3) is 0.200. The first-order valence-corrected chi connectivity index (χ1v) is 6.36. The number of rotatable bonds is 5. The molecule has 0 amide bonds. The van der Waals surface area contributed by atoms with Crippen molar-refractivity contribution in [2.45, 2.75) is 10.9 Å². The van der Waals surface area contributed by atoms with Gasteiger partial charge in [0.15, 0.2) is 0 Å². The normalized spacial score (nSPS) is 12.7. The lowest BCUT2D eigenvalue weighted by Gasteiger charge is -2.13. The molecular formula is C10H9FN2O5S. The average molecular weight is 288 g/mol. The Labute approximate surface area is 108 Å². The molecule has 0 bridgehead atoms. The van der Waals surface area contributed by atoms with Gasteiger partial charge in [0.05, 0.1) is 6.61 Å². The highest BCUT2D eigenvalue weighted by atomic mass is 32.2. The number of nitrogens with one attached hydrogen (secondary N) is 1. The van der Waals surface area contributed by atoms with Gasteiger partial charge in [-0.3, -0.25) is 4.79 Å². The van der Waals surface area contributed by atoms with Crippen molar-refractivity contribution < 1.29 is 27.8 Å². The van der Waals surface area contributed by atoms with E-state index in [1.807, 2.05) is 0 Å². The highest BCUT2D eigenvalue weighted by Crippen LogP contribution is 2.18. The third-order valence-corrected chi connectivity index (χ3v) is 3.67. The van der Waals surface area contributed by atoms with Crippen LogP contribution in [0.4, 0.5) is 4.39 Å². The second-order valence-corrected chi connectivity index (χ2v) is 5.10. The van der Waals surface area contributed by atoms with E-state index in [-0.39, 0.29) is 0 Å². The molecule has 0 radical (unpaired) electrons. The van der Waals surface area contributed by atoms with Gasteiger partial charge < -0.3 is 10.2 Å². The number of nitrogens with zero attached hydrogens (tertiary/aromatic N) is 1. The number of nitriles is 1. The van der Waals surface area contributed by atoms with Crippen LogP contribution in [0.15, 0.2) is 23.1 Å². The molecule has 0 saturated carbocycles. The van der Waals surface area contributed by atoms with E-state index in [0.29, 0.717) is 0 Å². The predicted molar refractivity (Wildman–Crippen MR) is 59.9 cm³/mol. The monoisotopic (exact) mass is 288 g/mol. The van der Waals surface area contributed by atoms with Crippen molar-refractivity contribution in [3.8, 4) is 6.07 Å². The van der Waals surface area contributed by atoms with Gasteiger partial charge in [0.1, 0.15) is 28.4 Å². The Morgan fingerprint density at radius 3 is 2.63 bits per heavy atom. The molecule has 0 heterocycles. The van der Waals surface area contributed by atoms with Crippen molar-refractivity contribution in [1.82, 2.24) is 4.72 Å². The van der Waals surface area contributed by atoms with Crippen molar-refractivity contribution >= 4 is 16.0 Å². The summed E-state index contributed by atoms with van der Waals surface area (Å²) in [4.78, 5) is 9.95. The molecule has 0 aliphatic heterocycles. The maximum atomic E-state index is 13.3.